The Labute approximate surface area is 92.5 Å². The minimum absolute atomic E-state index is 0.133. The molecule has 0 aromatic heterocycles. The summed E-state index contributed by atoms with van der Waals surface area (Å²) in [5, 5.41) is 9.99. The van der Waals surface area contributed by atoms with Crippen molar-refractivity contribution in [2.24, 2.45) is 0 Å². The lowest BCUT2D eigenvalue weighted by Crippen LogP contribution is -2.18. The third kappa shape index (κ3) is 2.98. The van der Waals surface area contributed by atoms with Gasteiger partial charge in [-0.25, -0.2) is 0 Å². The molecule has 4 heteroatoms. The van der Waals surface area contributed by atoms with Gasteiger partial charge < -0.3 is 5.11 Å². The fourth-order valence-corrected chi connectivity index (χ4v) is 1.48. The molecule has 0 bridgehead atoms. The Morgan fingerprint density at radius 3 is 2.64 bits per heavy atom. The van der Waals surface area contributed by atoms with Crippen LogP contribution in [0.2, 0.25) is 10.0 Å². The summed E-state index contributed by atoms with van der Waals surface area (Å²) in [6, 6.07) is 4.93. The van der Waals surface area contributed by atoms with Gasteiger partial charge in [0, 0.05) is 16.5 Å². The number of hydrogen-bond donors (Lipinski definition) is 1. The smallest absolute Gasteiger partial charge is 0.165 e. The molecule has 0 aliphatic carbocycles. The largest absolute Gasteiger partial charge is 0.386 e. The molecule has 1 atom stereocenters. The second-order valence-electron chi connectivity index (χ2n) is 3.05. The summed E-state index contributed by atoms with van der Waals surface area (Å²) in [6.45, 7) is 1.44. The van der Waals surface area contributed by atoms with E-state index in [0.29, 0.717) is 15.6 Å². The van der Waals surface area contributed by atoms with Crippen LogP contribution in [0.4, 0.5) is 0 Å². The van der Waals surface area contributed by atoms with E-state index in [2.05, 4.69) is 0 Å². The van der Waals surface area contributed by atoms with E-state index in [1.165, 1.54) is 6.92 Å². The average molecular weight is 233 g/mol. The molecule has 0 radical (unpaired) electrons. The van der Waals surface area contributed by atoms with Crippen molar-refractivity contribution in [1.82, 2.24) is 0 Å². The molecule has 0 saturated heterocycles. The Hall–Kier alpha value is -0.570. The van der Waals surface area contributed by atoms with Gasteiger partial charge in [-0.05, 0) is 24.6 Å². The number of hydrogen-bond acceptors (Lipinski definition) is 2. The quantitative estimate of drug-likeness (QED) is 0.870. The molecular formula is C10H10Cl2O2. The first kappa shape index (κ1) is 11.5. The van der Waals surface area contributed by atoms with Crippen molar-refractivity contribution in [3.8, 4) is 0 Å². The van der Waals surface area contributed by atoms with Crippen LogP contribution in [0.3, 0.4) is 0 Å². The van der Waals surface area contributed by atoms with Crippen molar-refractivity contribution >= 4 is 29.0 Å². The molecule has 76 valence electrons. The van der Waals surface area contributed by atoms with E-state index in [1.807, 2.05) is 0 Å². The predicted octanol–water partition coefficient (Wildman–Crippen LogP) is 2.49. The summed E-state index contributed by atoms with van der Waals surface area (Å²) in [5.74, 6) is -0.255. The number of benzene rings is 1. The first-order valence-corrected chi connectivity index (χ1v) is 4.91. The summed E-state index contributed by atoms with van der Waals surface area (Å²) in [5.41, 5.74) is 0.682. The van der Waals surface area contributed by atoms with Crippen LogP contribution in [0, 0.1) is 0 Å². The van der Waals surface area contributed by atoms with Crippen molar-refractivity contribution in [2.45, 2.75) is 19.4 Å². The number of aliphatic hydroxyl groups is 1. The summed E-state index contributed by atoms with van der Waals surface area (Å²) >= 11 is 11.6. The topological polar surface area (TPSA) is 37.3 Å². The molecule has 0 aliphatic rings. The van der Waals surface area contributed by atoms with Crippen LogP contribution in [0.25, 0.3) is 0 Å². The first-order valence-electron chi connectivity index (χ1n) is 4.15. The van der Waals surface area contributed by atoms with Gasteiger partial charge in [-0.2, -0.15) is 0 Å². The highest BCUT2D eigenvalue weighted by Gasteiger charge is 2.11. The zero-order valence-corrected chi connectivity index (χ0v) is 9.14. The van der Waals surface area contributed by atoms with Gasteiger partial charge in [-0.3, -0.25) is 4.79 Å². The fraction of sp³-hybridized carbons (Fsp3) is 0.300. The van der Waals surface area contributed by atoms with Crippen molar-refractivity contribution < 1.29 is 9.90 Å². The van der Waals surface area contributed by atoms with Gasteiger partial charge in [-0.1, -0.05) is 29.3 Å². The minimum atomic E-state index is -0.957. The Morgan fingerprint density at radius 2 is 2.14 bits per heavy atom. The molecule has 0 heterocycles. The van der Waals surface area contributed by atoms with Gasteiger partial charge in [0.1, 0.15) is 6.10 Å². The lowest BCUT2D eigenvalue weighted by molar-refractivity contribution is -0.125. The Kier molecular flexibility index (Phi) is 3.93. The van der Waals surface area contributed by atoms with Gasteiger partial charge in [0.2, 0.25) is 0 Å². The van der Waals surface area contributed by atoms with Crippen molar-refractivity contribution in [3.63, 3.8) is 0 Å². The molecule has 1 rings (SSSR count). The Balaban J connectivity index is 2.82. The van der Waals surface area contributed by atoms with Gasteiger partial charge in [0.05, 0.1) is 0 Å². The summed E-state index contributed by atoms with van der Waals surface area (Å²) in [6.07, 6.45) is -0.824. The zero-order valence-electron chi connectivity index (χ0n) is 7.63. The molecule has 0 aliphatic heterocycles. The van der Waals surface area contributed by atoms with E-state index >= 15 is 0 Å². The van der Waals surface area contributed by atoms with Crippen molar-refractivity contribution in [2.75, 3.05) is 0 Å². The molecule has 1 aromatic carbocycles. The molecule has 2 nitrogen and oxygen atoms in total. The molecule has 14 heavy (non-hydrogen) atoms. The molecular weight excluding hydrogens is 223 g/mol. The van der Waals surface area contributed by atoms with E-state index in [9.17, 15) is 4.79 Å². The van der Waals surface area contributed by atoms with Crippen molar-refractivity contribution in [3.05, 3.63) is 33.8 Å². The SMILES string of the molecule is CC(O)C(=O)Cc1ccc(Cl)cc1Cl. The van der Waals surface area contributed by atoms with E-state index in [4.69, 9.17) is 28.3 Å². The lowest BCUT2D eigenvalue weighted by Gasteiger charge is -2.05. The van der Waals surface area contributed by atoms with E-state index < -0.39 is 6.10 Å². The van der Waals surface area contributed by atoms with Crippen LogP contribution >= 0.6 is 23.2 Å². The van der Waals surface area contributed by atoms with Gasteiger partial charge >= 0.3 is 0 Å². The number of carbonyl (C=O) groups is 1. The third-order valence-corrected chi connectivity index (χ3v) is 2.43. The molecule has 1 unspecified atom stereocenters. The molecule has 0 fully saturated rings. The normalized spacial score (nSPS) is 12.6. The van der Waals surface area contributed by atoms with Crippen LogP contribution in [0.5, 0.6) is 0 Å². The molecule has 0 spiro atoms. The third-order valence-electron chi connectivity index (χ3n) is 1.85. The number of rotatable bonds is 3. The molecule has 0 amide bonds. The fourth-order valence-electron chi connectivity index (χ4n) is 1.00. The van der Waals surface area contributed by atoms with Crippen LogP contribution in [-0.2, 0) is 11.2 Å². The maximum absolute atomic E-state index is 11.2. The summed E-state index contributed by atoms with van der Waals surface area (Å²) in [4.78, 5) is 11.2. The Morgan fingerprint density at radius 1 is 1.50 bits per heavy atom. The van der Waals surface area contributed by atoms with E-state index in [1.54, 1.807) is 18.2 Å². The summed E-state index contributed by atoms with van der Waals surface area (Å²) in [7, 11) is 0. The van der Waals surface area contributed by atoms with E-state index in [-0.39, 0.29) is 12.2 Å². The van der Waals surface area contributed by atoms with Gasteiger partial charge in [-0.15, -0.1) is 0 Å². The second kappa shape index (κ2) is 4.78. The molecule has 1 aromatic rings. The van der Waals surface area contributed by atoms with Crippen molar-refractivity contribution in [1.29, 1.82) is 0 Å². The Bertz CT molecular complexity index is 348. The van der Waals surface area contributed by atoms with Gasteiger partial charge in [0.15, 0.2) is 5.78 Å². The second-order valence-corrected chi connectivity index (χ2v) is 3.90. The van der Waals surface area contributed by atoms with Crippen LogP contribution in [-0.4, -0.2) is 17.0 Å². The first-order chi connectivity index (χ1) is 6.50. The maximum Gasteiger partial charge on any atom is 0.165 e. The summed E-state index contributed by atoms with van der Waals surface area (Å²) < 4.78 is 0. The number of ketones is 1. The van der Waals surface area contributed by atoms with E-state index in [0.717, 1.165) is 0 Å². The van der Waals surface area contributed by atoms with Crippen LogP contribution < -0.4 is 0 Å². The number of Topliss-reactive ketones (excluding diaryl/α,β-unsaturated/α-hetero) is 1. The lowest BCUT2D eigenvalue weighted by atomic mass is 10.1. The molecule has 0 saturated carbocycles. The standard InChI is InChI=1S/C10H10Cl2O2/c1-6(13)10(14)4-7-2-3-8(11)5-9(7)12/h2-3,5-6,13H,4H2,1H3. The minimum Gasteiger partial charge on any atom is -0.386 e. The predicted molar refractivity (Wildman–Crippen MR) is 56.9 cm³/mol. The number of halogens is 2. The monoisotopic (exact) mass is 232 g/mol. The van der Waals surface area contributed by atoms with Crippen LogP contribution in [0.1, 0.15) is 12.5 Å². The highest BCUT2D eigenvalue weighted by Crippen LogP contribution is 2.21. The zero-order chi connectivity index (χ0) is 10.7. The number of carbonyl (C=O) groups excluding carboxylic acids is 1. The highest BCUT2D eigenvalue weighted by atomic mass is 35.5. The maximum atomic E-state index is 11.2. The van der Waals surface area contributed by atoms with Crippen LogP contribution in [0.15, 0.2) is 18.2 Å². The molecule has 1 N–H and O–H groups in total. The number of aliphatic hydroxyl groups excluding tert-OH is 1. The average Bonchev–Trinajstić information content (AvgIpc) is 2.09. The highest BCUT2D eigenvalue weighted by molar-refractivity contribution is 6.35. The van der Waals surface area contributed by atoms with Gasteiger partial charge in [0.25, 0.3) is 0 Å².